The van der Waals surface area contributed by atoms with E-state index in [0.29, 0.717) is 28.5 Å². The van der Waals surface area contributed by atoms with Crippen molar-refractivity contribution < 1.29 is 14.7 Å². The fourth-order valence-corrected chi connectivity index (χ4v) is 1.73. The molecule has 2 aromatic rings. The first-order valence-corrected chi connectivity index (χ1v) is 5.09. The van der Waals surface area contributed by atoms with E-state index in [0.717, 1.165) is 6.29 Å². The molecule has 2 rings (SSSR count). The molecule has 0 saturated carbocycles. The molecule has 3 heteroatoms. The second kappa shape index (κ2) is 4.61. The predicted octanol–water partition coefficient (Wildman–Crippen LogP) is 2.68. The molecule has 17 heavy (non-hydrogen) atoms. The van der Waals surface area contributed by atoms with Gasteiger partial charge in [0.1, 0.15) is 5.75 Å². The van der Waals surface area contributed by atoms with Crippen LogP contribution in [-0.4, -0.2) is 17.7 Å². The van der Waals surface area contributed by atoms with Crippen molar-refractivity contribution >= 4 is 12.6 Å². The number of phenolic OH excluding ortho intramolecular Hbond substituents is 1. The van der Waals surface area contributed by atoms with Gasteiger partial charge in [0.15, 0.2) is 12.6 Å². The van der Waals surface area contributed by atoms with Gasteiger partial charge >= 0.3 is 0 Å². The summed E-state index contributed by atoms with van der Waals surface area (Å²) in [6.07, 6.45) is 1.43. The number of carbonyl (C=O) groups is 2. The fourth-order valence-electron chi connectivity index (χ4n) is 1.73. The van der Waals surface area contributed by atoms with Gasteiger partial charge in [-0.25, -0.2) is 0 Å². The zero-order chi connectivity index (χ0) is 12.3. The average molecular weight is 226 g/mol. The first-order chi connectivity index (χ1) is 8.26. The number of hydrogen-bond acceptors (Lipinski definition) is 3. The second-order valence-electron chi connectivity index (χ2n) is 3.59. The smallest absolute Gasteiger partial charge is 0.150 e. The first-order valence-electron chi connectivity index (χ1n) is 5.09. The maximum atomic E-state index is 10.9. The summed E-state index contributed by atoms with van der Waals surface area (Å²) in [5.41, 5.74) is 2.13. The number of hydrogen-bond donors (Lipinski definition) is 1. The van der Waals surface area contributed by atoms with Crippen LogP contribution in [0.5, 0.6) is 5.75 Å². The van der Waals surface area contributed by atoms with Crippen LogP contribution in [0.15, 0.2) is 42.5 Å². The van der Waals surface area contributed by atoms with E-state index in [-0.39, 0.29) is 5.75 Å². The Hall–Kier alpha value is -2.42. The lowest BCUT2D eigenvalue weighted by molar-refractivity contribution is 0.111. The van der Waals surface area contributed by atoms with Crippen LogP contribution in [0.2, 0.25) is 0 Å². The van der Waals surface area contributed by atoms with Gasteiger partial charge in [-0.15, -0.1) is 0 Å². The van der Waals surface area contributed by atoms with E-state index >= 15 is 0 Å². The zero-order valence-corrected chi connectivity index (χ0v) is 8.96. The van der Waals surface area contributed by atoms with Crippen molar-refractivity contribution in [3.05, 3.63) is 53.6 Å². The zero-order valence-electron chi connectivity index (χ0n) is 8.96. The molecular weight excluding hydrogens is 216 g/mol. The minimum atomic E-state index is 0.0614. The SMILES string of the molecule is O=Cc1ccccc1-c1cc(O)ccc1C=O. The van der Waals surface area contributed by atoms with E-state index in [4.69, 9.17) is 0 Å². The Morgan fingerprint density at radius 2 is 1.47 bits per heavy atom. The Balaban J connectivity index is 2.70. The van der Waals surface area contributed by atoms with Gasteiger partial charge in [-0.2, -0.15) is 0 Å². The van der Waals surface area contributed by atoms with Crippen molar-refractivity contribution in [3.8, 4) is 16.9 Å². The first kappa shape index (κ1) is 11.1. The van der Waals surface area contributed by atoms with Crippen LogP contribution in [-0.2, 0) is 0 Å². The fraction of sp³-hybridized carbons (Fsp3) is 0. The highest BCUT2D eigenvalue weighted by molar-refractivity contribution is 5.94. The lowest BCUT2D eigenvalue weighted by atomic mass is 9.96. The minimum Gasteiger partial charge on any atom is -0.508 e. The predicted molar refractivity (Wildman–Crippen MR) is 64.3 cm³/mol. The van der Waals surface area contributed by atoms with Gasteiger partial charge in [0.2, 0.25) is 0 Å². The summed E-state index contributed by atoms with van der Waals surface area (Å²) in [6.45, 7) is 0. The molecule has 0 atom stereocenters. The van der Waals surface area contributed by atoms with Gasteiger partial charge in [0, 0.05) is 11.1 Å². The molecule has 84 valence electrons. The summed E-state index contributed by atoms with van der Waals surface area (Å²) in [5.74, 6) is 0.0614. The topological polar surface area (TPSA) is 54.4 Å². The van der Waals surface area contributed by atoms with Crippen molar-refractivity contribution in [1.82, 2.24) is 0 Å². The van der Waals surface area contributed by atoms with E-state index in [2.05, 4.69) is 0 Å². The summed E-state index contributed by atoms with van der Waals surface area (Å²) >= 11 is 0. The van der Waals surface area contributed by atoms with Gasteiger partial charge in [-0.3, -0.25) is 9.59 Å². The van der Waals surface area contributed by atoms with E-state index < -0.39 is 0 Å². The van der Waals surface area contributed by atoms with Gasteiger partial charge in [-0.1, -0.05) is 24.3 Å². The minimum absolute atomic E-state index is 0.0614. The molecule has 2 aromatic carbocycles. The second-order valence-corrected chi connectivity index (χ2v) is 3.59. The van der Waals surface area contributed by atoms with Crippen LogP contribution in [0, 0.1) is 0 Å². The van der Waals surface area contributed by atoms with Gasteiger partial charge in [0.25, 0.3) is 0 Å². The van der Waals surface area contributed by atoms with E-state index in [1.54, 1.807) is 24.3 Å². The number of aldehydes is 2. The Morgan fingerprint density at radius 1 is 0.824 bits per heavy atom. The highest BCUT2D eigenvalue weighted by Gasteiger charge is 2.09. The number of carbonyl (C=O) groups excluding carboxylic acids is 2. The van der Waals surface area contributed by atoms with Crippen LogP contribution < -0.4 is 0 Å². The maximum Gasteiger partial charge on any atom is 0.150 e. The molecule has 0 aliphatic carbocycles. The standard InChI is InChI=1S/C14H10O3/c15-8-10-3-1-2-4-13(10)14-7-12(17)6-5-11(14)9-16/h1-9,17H. The molecular formula is C14H10O3. The van der Waals surface area contributed by atoms with E-state index in [1.807, 2.05) is 0 Å². The Kier molecular flexibility index (Phi) is 3.01. The Morgan fingerprint density at radius 3 is 2.18 bits per heavy atom. The van der Waals surface area contributed by atoms with E-state index in [1.165, 1.54) is 18.2 Å². The highest BCUT2D eigenvalue weighted by Crippen LogP contribution is 2.28. The summed E-state index contributed by atoms with van der Waals surface area (Å²) in [6, 6.07) is 11.4. The van der Waals surface area contributed by atoms with Crippen molar-refractivity contribution in [2.75, 3.05) is 0 Å². The van der Waals surface area contributed by atoms with Crippen LogP contribution in [0.25, 0.3) is 11.1 Å². The summed E-state index contributed by atoms with van der Waals surface area (Å²) in [7, 11) is 0. The molecule has 0 heterocycles. The average Bonchev–Trinajstić information content (AvgIpc) is 2.38. The molecule has 0 aliphatic heterocycles. The number of aromatic hydroxyl groups is 1. The largest absolute Gasteiger partial charge is 0.508 e. The molecule has 0 spiro atoms. The quantitative estimate of drug-likeness (QED) is 0.818. The van der Waals surface area contributed by atoms with Crippen molar-refractivity contribution in [1.29, 1.82) is 0 Å². The molecule has 0 bridgehead atoms. The van der Waals surface area contributed by atoms with E-state index in [9.17, 15) is 14.7 Å². The summed E-state index contributed by atoms with van der Waals surface area (Å²) < 4.78 is 0. The van der Waals surface area contributed by atoms with Crippen LogP contribution in [0.3, 0.4) is 0 Å². The highest BCUT2D eigenvalue weighted by atomic mass is 16.3. The number of rotatable bonds is 3. The third-order valence-corrected chi connectivity index (χ3v) is 2.54. The molecule has 0 radical (unpaired) electrons. The number of phenols is 1. The third kappa shape index (κ3) is 2.08. The molecule has 0 unspecified atom stereocenters. The van der Waals surface area contributed by atoms with Crippen LogP contribution in [0.4, 0.5) is 0 Å². The molecule has 3 nitrogen and oxygen atoms in total. The molecule has 1 N–H and O–H groups in total. The Labute approximate surface area is 98.3 Å². The van der Waals surface area contributed by atoms with Gasteiger partial charge < -0.3 is 5.11 Å². The van der Waals surface area contributed by atoms with Gasteiger partial charge in [-0.05, 0) is 29.3 Å². The monoisotopic (exact) mass is 226 g/mol. The van der Waals surface area contributed by atoms with Gasteiger partial charge in [0.05, 0.1) is 0 Å². The molecule has 0 aliphatic rings. The van der Waals surface area contributed by atoms with Crippen LogP contribution >= 0.6 is 0 Å². The van der Waals surface area contributed by atoms with Crippen molar-refractivity contribution in [2.45, 2.75) is 0 Å². The Bertz CT molecular complexity index is 573. The van der Waals surface area contributed by atoms with Crippen molar-refractivity contribution in [2.24, 2.45) is 0 Å². The summed E-state index contributed by atoms with van der Waals surface area (Å²) in [4.78, 5) is 21.9. The maximum absolute atomic E-state index is 10.9. The number of benzene rings is 2. The molecule has 0 saturated heterocycles. The lowest BCUT2D eigenvalue weighted by Crippen LogP contribution is -1.91. The van der Waals surface area contributed by atoms with Crippen molar-refractivity contribution in [3.63, 3.8) is 0 Å². The molecule has 0 fully saturated rings. The third-order valence-electron chi connectivity index (χ3n) is 2.54. The summed E-state index contributed by atoms with van der Waals surface area (Å²) in [5, 5.41) is 9.45. The molecule has 0 amide bonds. The molecule has 0 aromatic heterocycles. The normalized spacial score (nSPS) is 9.88. The van der Waals surface area contributed by atoms with Crippen LogP contribution in [0.1, 0.15) is 20.7 Å². The lowest BCUT2D eigenvalue weighted by Gasteiger charge is -2.08.